The number of aromatic nitrogens is 6. The van der Waals surface area contributed by atoms with Crippen LogP contribution < -0.4 is 9.47 Å². The van der Waals surface area contributed by atoms with Gasteiger partial charge in [0.15, 0.2) is 0 Å². The molecule has 0 aliphatic carbocycles. The van der Waals surface area contributed by atoms with Crippen LogP contribution in [0, 0.1) is 0 Å². The molecular weight excluding hydrogens is 1580 g/mol. The first-order chi connectivity index (χ1) is 64.4. The third-order valence-electron chi connectivity index (χ3n) is 26.7. The molecule has 6 aromatic heterocycles. The van der Waals surface area contributed by atoms with E-state index >= 15 is 0 Å². The van der Waals surface area contributed by atoms with E-state index in [0.29, 0.717) is 6.42 Å². The zero-order chi connectivity index (χ0) is 85.4. The Hall–Kier alpha value is -17.2. The summed E-state index contributed by atoms with van der Waals surface area (Å²) in [4.78, 5) is 0. The van der Waals surface area contributed by atoms with E-state index in [4.69, 9.17) is 9.47 Å². The molecule has 6 heterocycles. The van der Waals surface area contributed by atoms with Crippen LogP contribution >= 0.6 is 0 Å². The number of hydrogen-bond acceptors (Lipinski definition) is 2. The van der Waals surface area contributed by atoms with Gasteiger partial charge in [-0.3, -0.25) is 0 Å². The molecule has 0 aliphatic rings. The van der Waals surface area contributed by atoms with Crippen molar-refractivity contribution < 1.29 is 9.47 Å². The average Bonchev–Trinajstić information content (AvgIpc) is 1.52. The van der Waals surface area contributed by atoms with Gasteiger partial charge in [-0.05, 0) is 263 Å². The molecule has 610 valence electrons. The molecule has 0 saturated heterocycles. The Labute approximate surface area is 749 Å². The standard InChI is InChI=1S/C122H80N6O2/c1-8-26-79(27-9-1)66-80-44-62-112-107(68-80)103-55-46-82(70-116(103)124(112)89-31-12-3-13-32-89)84-47-56-104-108-69-81(45-63-113(108)127(118(104)72-84)92-51-60-101-99-42-24-25-43-111(99)123(121(101)75-92)88-29-10-2-11-30-88)67-86-28-22-23-41-98(86)87-50-59-100-102-61-52-93(76-122(102)126(120(100)74-87)91-35-16-5-17-36-91)128-115-65-54-97(130-95-39-20-7-21-40-95)78-110(115)106-58-49-85(73-119(106)128)83-48-57-105-109-77-96(129-94-37-18-6-19-38-94)53-64-114(109)125(117(105)71-83)90-33-14-4-15-34-90/h1-65,68-78H,66-67H2. The fraction of sp³-hybridized carbons (Fsp3) is 0.0164. The first-order valence-electron chi connectivity index (χ1n) is 44.7. The predicted octanol–water partition coefficient (Wildman–Crippen LogP) is 32.0. The van der Waals surface area contributed by atoms with Gasteiger partial charge in [-0.25, -0.2) is 0 Å². The van der Waals surface area contributed by atoms with Gasteiger partial charge in [0.1, 0.15) is 23.0 Å². The van der Waals surface area contributed by atoms with Crippen molar-refractivity contribution in [3.8, 4) is 90.5 Å². The zero-order valence-corrected chi connectivity index (χ0v) is 70.8. The zero-order valence-electron chi connectivity index (χ0n) is 70.8. The lowest BCUT2D eigenvalue weighted by molar-refractivity contribution is 0.483. The molecule has 0 aliphatic heterocycles. The van der Waals surface area contributed by atoms with Crippen molar-refractivity contribution in [3.63, 3.8) is 0 Å². The minimum Gasteiger partial charge on any atom is -0.457 e. The molecule has 8 nitrogen and oxygen atoms in total. The summed E-state index contributed by atoms with van der Waals surface area (Å²) in [5, 5.41) is 14.1. The van der Waals surface area contributed by atoms with Gasteiger partial charge in [-0.15, -0.1) is 0 Å². The Morgan fingerprint density at radius 1 is 0.146 bits per heavy atom. The molecule has 20 aromatic carbocycles. The van der Waals surface area contributed by atoms with E-state index in [0.717, 1.165) is 163 Å². The van der Waals surface area contributed by atoms with E-state index in [2.05, 4.69) is 428 Å². The second-order valence-electron chi connectivity index (χ2n) is 34.3. The number of benzene rings is 20. The molecule has 0 bridgehead atoms. The summed E-state index contributed by atoms with van der Waals surface area (Å²) in [7, 11) is 0. The van der Waals surface area contributed by atoms with Gasteiger partial charge in [0.2, 0.25) is 0 Å². The summed E-state index contributed by atoms with van der Waals surface area (Å²) in [5.74, 6) is 3.15. The maximum atomic E-state index is 6.63. The number of para-hydroxylation sites is 7. The molecule has 0 radical (unpaired) electrons. The third-order valence-corrected chi connectivity index (χ3v) is 26.7. The molecular formula is C122H80N6O2. The average molecular weight is 1660 g/mol. The van der Waals surface area contributed by atoms with Crippen LogP contribution in [-0.2, 0) is 12.8 Å². The maximum Gasteiger partial charge on any atom is 0.128 e. The fourth-order valence-electron chi connectivity index (χ4n) is 20.8. The summed E-state index contributed by atoms with van der Waals surface area (Å²) in [6, 6.07) is 169. The number of hydrogen-bond donors (Lipinski definition) is 0. The normalized spacial score (nSPS) is 11.9. The van der Waals surface area contributed by atoms with Crippen LogP contribution in [0.5, 0.6) is 23.0 Å². The van der Waals surface area contributed by atoms with Crippen molar-refractivity contribution in [2.75, 3.05) is 0 Å². The lowest BCUT2D eigenvalue weighted by Crippen LogP contribution is -1.98. The lowest BCUT2D eigenvalue weighted by atomic mass is 9.93. The minimum atomic E-state index is 0.714. The molecule has 0 saturated carbocycles. The van der Waals surface area contributed by atoms with E-state index < -0.39 is 0 Å². The second kappa shape index (κ2) is 30.3. The van der Waals surface area contributed by atoms with E-state index in [9.17, 15) is 0 Å². The van der Waals surface area contributed by atoms with Crippen molar-refractivity contribution in [2.45, 2.75) is 12.8 Å². The number of rotatable bonds is 17. The van der Waals surface area contributed by atoms with Crippen molar-refractivity contribution in [2.24, 2.45) is 0 Å². The Morgan fingerprint density at radius 2 is 0.431 bits per heavy atom. The van der Waals surface area contributed by atoms with Gasteiger partial charge in [0.05, 0.1) is 66.2 Å². The van der Waals surface area contributed by atoms with Gasteiger partial charge in [-0.2, -0.15) is 0 Å². The highest BCUT2D eigenvalue weighted by Gasteiger charge is 2.25. The van der Waals surface area contributed by atoms with Gasteiger partial charge < -0.3 is 36.9 Å². The third kappa shape index (κ3) is 12.4. The van der Waals surface area contributed by atoms with Crippen LogP contribution in [0.1, 0.15) is 22.3 Å². The quantitative estimate of drug-likeness (QED) is 0.0912. The molecule has 26 rings (SSSR count). The Morgan fingerprint density at radius 3 is 0.854 bits per heavy atom. The van der Waals surface area contributed by atoms with E-state index in [1.54, 1.807) is 0 Å². The largest absolute Gasteiger partial charge is 0.457 e. The molecule has 8 heteroatoms. The summed E-state index contributed by atoms with van der Waals surface area (Å²) in [5.41, 5.74) is 32.1. The van der Waals surface area contributed by atoms with E-state index in [-0.39, 0.29) is 0 Å². The van der Waals surface area contributed by atoms with Crippen LogP contribution in [0.15, 0.2) is 461 Å². The number of nitrogens with zero attached hydrogens (tertiary/aromatic N) is 6. The van der Waals surface area contributed by atoms with Gasteiger partial charge in [0.25, 0.3) is 0 Å². The minimum absolute atomic E-state index is 0.714. The molecule has 0 amide bonds. The highest BCUT2D eigenvalue weighted by Crippen LogP contribution is 2.47. The van der Waals surface area contributed by atoms with Gasteiger partial charge in [-0.1, -0.05) is 267 Å². The maximum absolute atomic E-state index is 6.63. The first kappa shape index (κ1) is 74.2. The second-order valence-corrected chi connectivity index (χ2v) is 34.3. The van der Waals surface area contributed by atoms with Crippen molar-refractivity contribution in [1.29, 1.82) is 0 Å². The highest BCUT2D eigenvalue weighted by atomic mass is 16.5. The molecule has 130 heavy (non-hydrogen) atoms. The van der Waals surface area contributed by atoms with Crippen LogP contribution in [0.2, 0.25) is 0 Å². The van der Waals surface area contributed by atoms with Crippen LogP contribution in [-0.4, -0.2) is 27.4 Å². The first-order valence-corrected chi connectivity index (χ1v) is 44.7. The lowest BCUT2D eigenvalue weighted by Gasteiger charge is -2.13. The van der Waals surface area contributed by atoms with Crippen molar-refractivity contribution >= 4 is 131 Å². The topological polar surface area (TPSA) is 48.0 Å². The molecule has 0 atom stereocenters. The molecule has 0 spiro atoms. The van der Waals surface area contributed by atoms with Gasteiger partial charge in [0, 0.05) is 98.8 Å². The SMILES string of the molecule is c1ccc(Cc2ccc3c(c2)c2ccc(-c4ccc5c6cc(Cc7ccccc7-c7ccc8c9ccc(-n%10c%11ccc(Oc%12ccccc%12)cc%11c%11ccc(-c%12ccc%13c%14cc(Oc%15ccccc%15)ccc%14n(-c%14ccccc%14)c%13c%12)cc%11%10)cc9n(-c9ccccc9)c8c7)ccc6n(-c6ccc7c8ccccc8n(-c8ccccc8)c7c6)c5c4)cc2n3-c2ccccc2)cc1. The summed E-state index contributed by atoms with van der Waals surface area (Å²) in [6.07, 6.45) is 1.58. The van der Waals surface area contributed by atoms with E-state index in [1.807, 2.05) is 60.7 Å². The predicted molar refractivity (Wildman–Crippen MR) is 540 cm³/mol. The molecule has 26 aromatic rings. The summed E-state index contributed by atoms with van der Waals surface area (Å²) >= 11 is 0. The Kier molecular flexibility index (Phi) is 17.3. The van der Waals surface area contributed by atoms with E-state index in [1.165, 1.54) is 87.5 Å². The monoisotopic (exact) mass is 1660 g/mol. The van der Waals surface area contributed by atoms with Crippen molar-refractivity contribution in [1.82, 2.24) is 27.4 Å². The molecule has 0 fully saturated rings. The van der Waals surface area contributed by atoms with Crippen LogP contribution in [0.3, 0.4) is 0 Å². The fourth-order valence-corrected chi connectivity index (χ4v) is 20.8. The van der Waals surface area contributed by atoms with Crippen molar-refractivity contribution in [3.05, 3.63) is 483 Å². The Balaban J connectivity index is 0.598. The Bertz CT molecular complexity index is 9010. The number of fused-ring (bicyclic) bond motifs is 18. The number of ether oxygens (including phenoxy) is 2. The smallest absolute Gasteiger partial charge is 0.128 e. The summed E-state index contributed by atoms with van der Waals surface area (Å²) < 4.78 is 27.8. The van der Waals surface area contributed by atoms with Crippen LogP contribution in [0.4, 0.5) is 0 Å². The highest BCUT2D eigenvalue weighted by molar-refractivity contribution is 6.17. The molecule has 0 N–H and O–H groups in total. The summed E-state index contributed by atoms with van der Waals surface area (Å²) in [6.45, 7) is 0. The molecule has 0 unspecified atom stereocenters. The van der Waals surface area contributed by atoms with Gasteiger partial charge >= 0.3 is 0 Å². The van der Waals surface area contributed by atoms with Crippen LogP contribution in [0.25, 0.3) is 198 Å².